The van der Waals surface area contributed by atoms with E-state index in [1.54, 1.807) is 24.0 Å². The second-order valence-corrected chi connectivity index (χ2v) is 6.47. The van der Waals surface area contributed by atoms with Crippen molar-refractivity contribution in [2.75, 3.05) is 26.0 Å². The van der Waals surface area contributed by atoms with Gasteiger partial charge in [0.15, 0.2) is 0 Å². The van der Waals surface area contributed by atoms with E-state index in [9.17, 15) is 19.7 Å². The first-order valence-corrected chi connectivity index (χ1v) is 9.23. The quantitative estimate of drug-likeness (QED) is 0.488. The highest BCUT2D eigenvalue weighted by Gasteiger charge is 2.30. The van der Waals surface area contributed by atoms with E-state index >= 15 is 0 Å². The highest BCUT2D eigenvalue weighted by Crippen LogP contribution is 2.27. The van der Waals surface area contributed by atoms with Crippen molar-refractivity contribution in [1.82, 2.24) is 10.2 Å². The van der Waals surface area contributed by atoms with Gasteiger partial charge in [0.1, 0.15) is 5.56 Å². The number of ether oxygens (including phenoxy) is 1. The monoisotopic (exact) mass is 367 g/mol. The van der Waals surface area contributed by atoms with Gasteiger partial charge in [0, 0.05) is 30.1 Å². The Hall–Kier alpha value is -2.29. The number of hydrogen-bond donors (Lipinski definition) is 1. The van der Waals surface area contributed by atoms with Gasteiger partial charge in [-0.1, -0.05) is 0 Å². The number of hydrogen-bond acceptors (Lipinski definition) is 6. The van der Waals surface area contributed by atoms with Gasteiger partial charge in [0.25, 0.3) is 11.6 Å². The third-order valence-corrected chi connectivity index (χ3v) is 4.66. The number of thioether (sulfide) groups is 1. The molecule has 25 heavy (non-hydrogen) atoms. The first kappa shape index (κ1) is 19.0. The number of rotatable bonds is 5. The number of nitro groups is 1. The molecule has 1 aliphatic rings. The summed E-state index contributed by atoms with van der Waals surface area (Å²) in [5.74, 6) is -0.391. The number of nitro benzene ring substituents is 1. The Bertz CT molecular complexity index is 667. The standard InChI is InChI=1S/C16H21N3O5S/c1-3-24-16(21)17-11-5-4-8-18(10-11)15(20)13-9-12(25-2)6-7-14(13)19(22)23/h6-7,9,11H,3-5,8,10H2,1-2H3,(H,17,21). The molecular formula is C16H21N3O5S. The molecule has 1 heterocycles. The number of nitrogens with one attached hydrogen (secondary N) is 1. The molecule has 0 saturated carbocycles. The van der Waals surface area contributed by atoms with Gasteiger partial charge in [-0.2, -0.15) is 0 Å². The lowest BCUT2D eigenvalue weighted by Gasteiger charge is -2.32. The van der Waals surface area contributed by atoms with E-state index in [-0.39, 0.29) is 23.9 Å². The van der Waals surface area contributed by atoms with Crippen LogP contribution >= 0.6 is 11.8 Å². The van der Waals surface area contributed by atoms with Gasteiger partial charge >= 0.3 is 6.09 Å². The van der Waals surface area contributed by atoms with Crippen LogP contribution in [0, 0.1) is 10.1 Å². The lowest BCUT2D eigenvalue weighted by atomic mass is 10.0. The molecule has 1 fully saturated rings. The van der Waals surface area contributed by atoms with E-state index in [0.29, 0.717) is 19.5 Å². The van der Waals surface area contributed by atoms with Crippen LogP contribution in [0.25, 0.3) is 0 Å². The van der Waals surface area contributed by atoms with Crippen LogP contribution in [-0.4, -0.2) is 53.8 Å². The molecule has 1 aliphatic heterocycles. The van der Waals surface area contributed by atoms with E-state index in [2.05, 4.69) is 5.32 Å². The number of likely N-dealkylation sites (tertiary alicyclic amines) is 1. The van der Waals surface area contributed by atoms with E-state index in [0.717, 1.165) is 11.3 Å². The average Bonchev–Trinajstić information content (AvgIpc) is 2.60. The molecule has 1 aromatic rings. The van der Waals surface area contributed by atoms with Gasteiger partial charge in [0.05, 0.1) is 11.5 Å². The molecule has 2 rings (SSSR count). The number of alkyl carbamates (subject to hydrolysis) is 1. The Labute approximate surface area is 150 Å². The minimum Gasteiger partial charge on any atom is -0.450 e. The largest absolute Gasteiger partial charge is 0.450 e. The highest BCUT2D eigenvalue weighted by atomic mass is 32.2. The fourth-order valence-corrected chi connectivity index (χ4v) is 3.20. The number of piperidine rings is 1. The molecule has 0 aromatic heterocycles. The predicted molar refractivity (Wildman–Crippen MR) is 94.0 cm³/mol. The molecule has 1 aromatic carbocycles. The Kier molecular flexibility index (Phi) is 6.63. The third-order valence-electron chi connectivity index (χ3n) is 3.94. The Morgan fingerprint density at radius 1 is 1.48 bits per heavy atom. The van der Waals surface area contributed by atoms with E-state index < -0.39 is 16.9 Å². The normalized spacial score (nSPS) is 17.0. The van der Waals surface area contributed by atoms with Crippen LogP contribution < -0.4 is 5.32 Å². The Balaban J connectivity index is 2.16. The van der Waals surface area contributed by atoms with E-state index in [4.69, 9.17) is 4.74 Å². The number of benzene rings is 1. The summed E-state index contributed by atoms with van der Waals surface area (Å²) >= 11 is 1.42. The van der Waals surface area contributed by atoms with Gasteiger partial charge in [0.2, 0.25) is 0 Å². The van der Waals surface area contributed by atoms with Gasteiger partial charge in [-0.15, -0.1) is 11.8 Å². The summed E-state index contributed by atoms with van der Waals surface area (Å²) in [6.07, 6.45) is 2.77. The van der Waals surface area contributed by atoms with E-state index in [1.807, 2.05) is 6.26 Å². The smallest absolute Gasteiger partial charge is 0.407 e. The van der Waals surface area contributed by atoms with Crippen molar-refractivity contribution in [2.45, 2.75) is 30.7 Å². The van der Waals surface area contributed by atoms with Gasteiger partial charge < -0.3 is 15.0 Å². The molecule has 9 heteroatoms. The van der Waals surface area contributed by atoms with Crippen molar-refractivity contribution < 1.29 is 19.2 Å². The minimum absolute atomic E-state index is 0.0774. The first-order valence-electron chi connectivity index (χ1n) is 8.01. The zero-order valence-corrected chi connectivity index (χ0v) is 15.0. The van der Waals surface area contributed by atoms with Crippen LogP contribution in [0.3, 0.4) is 0 Å². The molecule has 2 amide bonds. The van der Waals surface area contributed by atoms with Crippen LogP contribution in [0.4, 0.5) is 10.5 Å². The van der Waals surface area contributed by atoms with Crippen molar-refractivity contribution in [3.8, 4) is 0 Å². The lowest BCUT2D eigenvalue weighted by molar-refractivity contribution is -0.385. The third kappa shape index (κ3) is 4.85. The van der Waals surface area contributed by atoms with Crippen molar-refractivity contribution in [1.29, 1.82) is 0 Å². The van der Waals surface area contributed by atoms with Crippen molar-refractivity contribution in [2.24, 2.45) is 0 Å². The molecule has 1 atom stereocenters. The maximum absolute atomic E-state index is 12.8. The fraction of sp³-hybridized carbons (Fsp3) is 0.500. The molecule has 136 valence electrons. The summed E-state index contributed by atoms with van der Waals surface area (Å²) < 4.78 is 4.86. The number of carbonyl (C=O) groups is 2. The summed E-state index contributed by atoms with van der Waals surface area (Å²) in [7, 11) is 0. The summed E-state index contributed by atoms with van der Waals surface area (Å²) in [5, 5.41) is 14.0. The maximum atomic E-state index is 12.8. The van der Waals surface area contributed by atoms with Gasteiger partial charge in [-0.05, 0) is 38.2 Å². The topological polar surface area (TPSA) is 102 Å². The van der Waals surface area contributed by atoms with Crippen LogP contribution in [0.5, 0.6) is 0 Å². The lowest BCUT2D eigenvalue weighted by Crippen LogP contribution is -2.49. The molecule has 0 aliphatic carbocycles. The highest BCUT2D eigenvalue weighted by molar-refractivity contribution is 7.98. The Morgan fingerprint density at radius 3 is 2.88 bits per heavy atom. The average molecular weight is 367 g/mol. The summed E-state index contributed by atoms with van der Waals surface area (Å²) in [6.45, 7) is 2.79. The minimum atomic E-state index is -0.546. The zero-order chi connectivity index (χ0) is 18.4. The second-order valence-electron chi connectivity index (χ2n) is 5.60. The molecule has 1 N–H and O–H groups in total. The molecule has 1 saturated heterocycles. The maximum Gasteiger partial charge on any atom is 0.407 e. The van der Waals surface area contributed by atoms with Crippen LogP contribution in [0.15, 0.2) is 23.1 Å². The molecule has 0 spiro atoms. The summed E-state index contributed by atoms with van der Waals surface area (Å²) in [4.78, 5) is 37.4. The second kappa shape index (κ2) is 8.70. The fourth-order valence-electron chi connectivity index (χ4n) is 2.76. The number of nitrogens with zero attached hydrogens (tertiary/aromatic N) is 2. The number of amides is 2. The van der Waals surface area contributed by atoms with Crippen LogP contribution in [0.2, 0.25) is 0 Å². The van der Waals surface area contributed by atoms with E-state index in [1.165, 1.54) is 17.8 Å². The van der Waals surface area contributed by atoms with Crippen LogP contribution in [0.1, 0.15) is 30.1 Å². The van der Waals surface area contributed by atoms with Crippen molar-refractivity contribution in [3.63, 3.8) is 0 Å². The Morgan fingerprint density at radius 2 is 2.24 bits per heavy atom. The molecule has 0 radical (unpaired) electrons. The van der Waals surface area contributed by atoms with Gasteiger partial charge in [-0.3, -0.25) is 14.9 Å². The van der Waals surface area contributed by atoms with Crippen LogP contribution in [-0.2, 0) is 4.74 Å². The summed E-state index contributed by atoms with van der Waals surface area (Å²) in [6, 6.07) is 4.31. The molecule has 0 bridgehead atoms. The van der Waals surface area contributed by atoms with Gasteiger partial charge in [-0.25, -0.2) is 4.79 Å². The molecule has 8 nitrogen and oxygen atoms in total. The SMILES string of the molecule is CCOC(=O)NC1CCCN(C(=O)c2cc(SC)ccc2[N+](=O)[O-])C1. The first-order chi connectivity index (χ1) is 12.0. The number of carbonyl (C=O) groups excluding carboxylic acids is 2. The van der Waals surface area contributed by atoms with Crippen molar-refractivity contribution >= 4 is 29.4 Å². The molecule has 1 unspecified atom stereocenters. The van der Waals surface area contributed by atoms with Crippen molar-refractivity contribution in [3.05, 3.63) is 33.9 Å². The zero-order valence-electron chi connectivity index (χ0n) is 14.2. The predicted octanol–water partition coefficient (Wildman–Crippen LogP) is 2.67. The molecular weight excluding hydrogens is 346 g/mol. The summed E-state index contributed by atoms with van der Waals surface area (Å²) in [5.41, 5.74) is -0.128.